The molecule has 1 heterocycles. The van der Waals surface area contributed by atoms with Crippen LogP contribution in [0.25, 0.3) is 0 Å². The second-order valence-corrected chi connectivity index (χ2v) is 4.45. The third kappa shape index (κ3) is 3.08. The van der Waals surface area contributed by atoms with Crippen molar-refractivity contribution < 1.29 is 9.90 Å². The van der Waals surface area contributed by atoms with Crippen LogP contribution in [0.15, 0.2) is 48.8 Å². The number of carboxylic acids is 1. The fourth-order valence-corrected chi connectivity index (χ4v) is 2.02. The first-order valence-corrected chi connectivity index (χ1v) is 5.92. The number of pyridine rings is 1. The summed E-state index contributed by atoms with van der Waals surface area (Å²) in [6.07, 6.45) is 3.75. The smallest absolute Gasteiger partial charge is 0.311 e. The van der Waals surface area contributed by atoms with Crippen LogP contribution in [0.2, 0.25) is 5.02 Å². The molecule has 1 aromatic carbocycles. The summed E-state index contributed by atoms with van der Waals surface area (Å²) >= 11 is 5.89. The van der Waals surface area contributed by atoms with Gasteiger partial charge < -0.3 is 5.11 Å². The molecule has 0 saturated heterocycles. The second kappa shape index (κ2) is 5.65. The Morgan fingerprint density at radius 2 is 2.17 bits per heavy atom. The molecule has 1 atom stereocenters. The average molecular weight is 262 g/mol. The third-order valence-corrected chi connectivity index (χ3v) is 2.95. The zero-order valence-corrected chi connectivity index (χ0v) is 10.3. The van der Waals surface area contributed by atoms with Crippen molar-refractivity contribution in [3.63, 3.8) is 0 Å². The molecule has 0 aliphatic heterocycles. The van der Waals surface area contributed by atoms with Crippen molar-refractivity contribution in [2.24, 2.45) is 0 Å². The molecule has 0 aliphatic rings. The number of hydrogen-bond donors (Lipinski definition) is 1. The number of halogens is 1. The Morgan fingerprint density at radius 3 is 2.78 bits per heavy atom. The van der Waals surface area contributed by atoms with Gasteiger partial charge in [0.25, 0.3) is 0 Å². The van der Waals surface area contributed by atoms with E-state index in [0.29, 0.717) is 17.0 Å². The number of benzene rings is 1. The van der Waals surface area contributed by atoms with E-state index < -0.39 is 11.9 Å². The third-order valence-electron chi connectivity index (χ3n) is 2.71. The summed E-state index contributed by atoms with van der Waals surface area (Å²) < 4.78 is 0. The van der Waals surface area contributed by atoms with E-state index in [1.54, 1.807) is 42.7 Å². The minimum absolute atomic E-state index is 0.406. The summed E-state index contributed by atoms with van der Waals surface area (Å²) in [7, 11) is 0. The molecule has 2 aromatic rings. The standard InChI is InChI=1S/C14H12ClNO2/c15-12-5-1-4-11(8-12)13(14(17)18)7-10-3-2-6-16-9-10/h1-6,8-9,13H,7H2,(H,17,18). The first-order valence-electron chi connectivity index (χ1n) is 5.54. The molecular weight excluding hydrogens is 250 g/mol. The van der Waals surface area contributed by atoms with Gasteiger partial charge >= 0.3 is 5.97 Å². The highest BCUT2D eigenvalue weighted by Crippen LogP contribution is 2.23. The van der Waals surface area contributed by atoms with E-state index in [0.717, 1.165) is 5.56 Å². The van der Waals surface area contributed by atoms with Gasteiger partial charge in [-0.1, -0.05) is 29.8 Å². The first kappa shape index (κ1) is 12.6. The summed E-state index contributed by atoms with van der Waals surface area (Å²) in [5, 5.41) is 9.86. The summed E-state index contributed by atoms with van der Waals surface area (Å²) in [5.41, 5.74) is 1.60. The monoisotopic (exact) mass is 261 g/mol. The maximum Gasteiger partial charge on any atom is 0.311 e. The molecule has 0 aliphatic carbocycles. The lowest BCUT2D eigenvalue weighted by atomic mass is 9.93. The lowest BCUT2D eigenvalue weighted by Crippen LogP contribution is -2.14. The van der Waals surface area contributed by atoms with Gasteiger partial charge in [-0.2, -0.15) is 0 Å². The summed E-state index contributed by atoms with van der Waals surface area (Å²) in [6.45, 7) is 0. The van der Waals surface area contributed by atoms with Crippen molar-refractivity contribution in [1.82, 2.24) is 4.98 Å². The minimum atomic E-state index is -0.860. The Balaban J connectivity index is 2.27. The maximum absolute atomic E-state index is 11.4. The van der Waals surface area contributed by atoms with Crippen LogP contribution in [-0.2, 0) is 11.2 Å². The highest BCUT2D eigenvalue weighted by molar-refractivity contribution is 6.30. The topological polar surface area (TPSA) is 50.2 Å². The van der Waals surface area contributed by atoms with Gasteiger partial charge in [-0.3, -0.25) is 9.78 Å². The Morgan fingerprint density at radius 1 is 1.33 bits per heavy atom. The normalized spacial score (nSPS) is 12.1. The Hall–Kier alpha value is -1.87. The number of carbonyl (C=O) groups is 1. The van der Waals surface area contributed by atoms with Gasteiger partial charge in [0.2, 0.25) is 0 Å². The molecule has 18 heavy (non-hydrogen) atoms. The quantitative estimate of drug-likeness (QED) is 0.920. The first-order chi connectivity index (χ1) is 8.66. The van der Waals surface area contributed by atoms with Crippen molar-refractivity contribution in [1.29, 1.82) is 0 Å². The number of carboxylic acid groups (broad SMARTS) is 1. The van der Waals surface area contributed by atoms with Crippen LogP contribution in [0.5, 0.6) is 0 Å². The van der Waals surface area contributed by atoms with E-state index in [1.165, 1.54) is 0 Å². The number of hydrogen-bond acceptors (Lipinski definition) is 2. The molecule has 0 bridgehead atoms. The number of nitrogens with zero attached hydrogens (tertiary/aromatic N) is 1. The molecule has 3 nitrogen and oxygen atoms in total. The highest BCUT2D eigenvalue weighted by Gasteiger charge is 2.20. The molecule has 0 amide bonds. The summed E-state index contributed by atoms with van der Waals surface area (Å²) in [5.74, 6) is -1.46. The van der Waals surface area contributed by atoms with Crippen LogP contribution in [0.1, 0.15) is 17.0 Å². The molecule has 0 radical (unpaired) electrons. The number of aromatic nitrogens is 1. The van der Waals surface area contributed by atoms with Crippen LogP contribution in [0.3, 0.4) is 0 Å². The molecule has 2 rings (SSSR count). The van der Waals surface area contributed by atoms with Crippen molar-refractivity contribution in [3.8, 4) is 0 Å². The van der Waals surface area contributed by atoms with Crippen molar-refractivity contribution in [2.75, 3.05) is 0 Å². The molecule has 1 aromatic heterocycles. The van der Waals surface area contributed by atoms with Gasteiger partial charge in [0.05, 0.1) is 5.92 Å². The fourth-order valence-electron chi connectivity index (χ4n) is 1.83. The predicted octanol–water partition coefficient (Wildman–Crippen LogP) is 3.15. The van der Waals surface area contributed by atoms with Crippen LogP contribution in [-0.4, -0.2) is 16.1 Å². The summed E-state index contributed by atoms with van der Waals surface area (Å²) in [6, 6.07) is 10.6. The SMILES string of the molecule is O=C(O)C(Cc1cccnc1)c1cccc(Cl)c1. The van der Waals surface area contributed by atoms with Gasteiger partial charge in [-0.25, -0.2) is 0 Å². The molecular formula is C14H12ClNO2. The lowest BCUT2D eigenvalue weighted by Gasteiger charge is -2.12. The minimum Gasteiger partial charge on any atom is -0.481 e. The van der Waals surface area contributed by atoms with Crippen LogP contribution < -0.4 is 0 Å². The van der Waals surface area contributed by atoms with E-state index in [2.05, 4.69) is 4.98 Å². The number of aliphatic carboxylic acids is 1. The van der Waals surface area contributed by atoms with Gasteiger partial charge in [0.1, 0.15) is 0 Å². The van der Waals surface area contributed by atoms with Crippen molar-refractivity contribution >= 4 is 17.6 Å². The van der Waals surface area contributed by atoms with E-state index in [1.807, 2.05) is 6.07 Å². The molecule has 1 unspecified atom stereocenters. The van der Waals surface area contributed by atoms with E-state index >= 15 is 0 Å². The molecule has 0 saturated carbocycles. The van der Waals surface area contributed by atoms with Gasteiger partial charge in [-0.15, -0.1) is 0 Å². The van der Waals surface area contributed by atoms with Gasteiger partial charge in [0, 0.05) is 17.4 Å². The molecule has 1 N–H and O–H groups in total. The van der Waals surface area contributed by atoms with E-state index in [4.69, 9.17) is 11.6 Å². The fraction of sp³-hybridized carbons (Fsp3) is 0.143. The molecule has 0 spiro atoms. The average Bonchev–Trinajstić information content (AvgIpc) is 2.37. The summed E-state index contributed by atoms with van der Waals surface area (Å²) in [4.78, 5) is 15.3. The predicted molar refractivity (Wildman–Crippen MR) is 69.8 cm³/mol. The maximum atomic E-state index is 11.4. The van der Waals surface area contributed by atoms with Crippen molar-refractivity contribution in [2.45, 2.75) is 12.3 Å². The van der Waals surface area contributed by atoms with Crippen LogP contribution in [0, 0.1) is 0 Å². The Kier molecular flexibility index (Phi) is 3.95. The van der Waals surface area contributed by atoms with Crippen LogP contribution >= 0.6 is 11.6 Å². The van der Waals surface area contributed by atoms with E-state index in [9.17, 15) is 9.90 Å². The highest BCUT2D eigenvalue weighted by atomic mass is 35.5. The Bertz CT molecular complexity index is 543. The van der Waals surface area contributed by atoms with Crippen LogP contribution in [0.4, 0.5) is 0 Å². The molecule has 0 fully saturated rings. The van der Waals surface area contributed by atoms with E-state index in [-0.39, 0.29) is 0 Å². The molecule has 4 heteroatoms. The number of rotatable bonds is 4. The lowest BCUT2D eigenvalue weighted by molar-refractivity contribution is -0.138. The largest absolute Gasteiger partial charge is 0.481 e. The van der Waals surface area contributed by atoms with Gasteiger partial charge in [-0.05, 0) is 35.7 Å². The molecule has 92 valence electrons. The zero-order valence-electron chi connectivity index (χ0n) is 9.58. The Labute approximate surface area is 110 Å². The zero-order chi connectivity index (χ0) is 13.0. The van der Waals surface area contributed by atoms with Crippen molar-refractivity contribution in [3.05, 3.63) is 64.9 Å². The van der Waals surface area contributed by atoms with Gasteiger partial charge in [0.15, 0.2) is 0 Å². The second-order valence-electron chi connectivity index (χ2n) is 4.01.